The van der Waals surface area contributed by atoms with Crippen molar-refractivity contribution >= 4 is 23.3 Å². The Morgan fingerprint density at radius 3 is 2.70 bits per heavy atom. The molecule has 0 aliphatic heterocycles. The topological polar surface area (TPSA) is 34.1 Å². The lowest BCUT2D eigenvalue weighted by Gasteiger charge is -2.58. The Morgan fingerprint density at radius 2 is 1.96 bits per heavy atom. The van der Waals surface area contributed by atoms with Gasteiger partial charge in [0.1, 0.15) is 5.78 Å². The SMILES string of the molecule is CS[C@@H]1CC2=CC(=O)C=C[C@]2(C)[C@H]2CC[C@]3(C)C(=O)CC[C@H]3[C@H]12. The maximum atomic E-state index is 12.5. The van der Waals surface area contributed by atoms with Gasteiger partial charge in [0.15, 0.2) is 5.78 Å². The molecule has 4 rings (SSSR count). The average Bonchev–Trinajstić information content (AvgIpc) is 2.83. The van der Waals surface area contributed by atoms with Crippen LogP contribution in [-0.2, 0) is 9.59 Å². The normalized spacial score (nSPS) is 48.6. The molecule has 2 nitrogen and oxygen atoms in total. The van der Waals surface area contributed by atoms with E-state index in [1.807, 2.05) is 17.8 Å². The highest BCUT2D eigenvalue weighted by molar-refractivity contribution is 7.99. The van der Waals surface area contributed by atoms with Gasteiger partial charge in [-0.15, -0.1) is 0 Å². The zero-order valence-corrected chi connectivity index (χ0v) is 15.1. The summed E-state index contributed by atoms with van der Waals surface area (Å²) in [5.74, 6) is 2.37. The average molecular weight is 330 g/mol. The molecule has 0 radical (unpaired) electrons. The number of hydrogen-bond donors (Lipinski definition) is 0. The van der Waals surface area contributed by atoms with Crippen LogP contribution in [0.1, 0.15) is 46.0 Å². The number of carbonyl (C=O) groups excluding carboxylic acids is 2. The molecule has 6 atom stereocenters. The third-order valence-electron chi connectivity index (χ3n) is 7.57. The molecule has 0 spiro atoms. The number of carbonyl (C=O) groups is 2. The van der Waals surface area contributed by atoms with Crippen molar-refractivity contribution in [2.75, 3.05) is 6.26 Å². The molecule has 0 bridgehead atoms. The standard InChI is InChI=1S/C20H26O2S/c1-19-8-6-13(21)10-12(19)11-16(23-3)18-14-4-5-17(22)20(14,2)9-7-15(18)19/h6,8,10,14-16,18H,4-5,7,9,11H2,1-3H3/t14-,15-,16+,18-,19-,20-/m0/s1. The van der Waals surface area contributed by atoms with Gasteiger partial charge in [-0.05, 0) is 61.8 Å². The van der Waals surface area contributed by atoms with Gasteiger partial charge in [0.05, 0.1) is 0 Å². The molecule has 0 unspecified atom stereocenters. The highest BCUT2D eigenvalue weighted by atomic mass is 32.2. The Balaban J connectivity index is 1.78. The lowest BCUT2D eigenvalue weighted by atomic mass is 9.48. The van der Waals surface area contributed by atoms with Gasteiger partial charge in [0.2, 0.25) is 0 Å². The molecule has 0 aromatic heterocycles. The summed E-state index contributed by atoms with van der Waals surface area (Å²) in [6, 6.07) is 0. The first-order valence-corrected chi connectivity index (χ1v) is 10.2. The molecule has 0 N–H and O–H groups in total. The number of ketones is 2. The van der Waals surface area contributed by atoms with Gasteiger partial charge in [0, 0.05) is 22.5 Å². The molecule has 23 heavy (non-hydrogen) atoms. The first-order valence-electron chi connectivity index (χ1n) is 8.90. The number of allylic oxidation sites excluding steroid dienone is 4. The largest absolute Gasteiger partial charge is 0.299 e. The Bertz CT molecular complexity index is 634. The summed E-state index contributed by atoms with van der Waals surface area (Å²) in [4.78, 5) is 24.4. The first-order chi connectivity index (χ1) is 10.9. The highest BCUT2D eigenvalue weighted by Gasteiger charge is 2.60. The first kappa shape index (κ1) is 15.7. The third-order valence-corrected chi connectivity index (χ3v) is 8.65. The van der Waals surface area contributed by atoms with Gasteiger partial charge in [-0.2, -0.15) is 11.8 Å². The summed E-state index contributed by atoms with van der Waals surface area (Å²) in [5, 5.41) is 0.550. The second-order valence-electron chi connectivity index (χ2n) is 8.37. The van der Waals surface area contributed by atoms with Crippen molar-refractivity contribution in [1.82, 2.24) is 0 Å². The minimum atomic E-state index is -0.0824. The predicted molar refractivity (Wildman–Crippen MR) is 94.3 cm³/mol. The zero-order chi connectivity index (χ0) is 16.4. The van der Waals surface area contributed by atoms with Crippen molar-refractivity contribution in [3.05, 3.63) is 23.8 Å². The molecule has 0 aromatic rings. The van der Waals surface area contributed by atoms with E-state index in [1.165, 1.54) is 5.57 Å². The molecule has 0 heterocycles. The summed E-state index contributed by atoms with van der Waals surface area (Å²) in [5.41, 5.74) is 1.28. The molecule has 0 aromatic carbocycles. The van der Waals surface area contributed by atoms with E-state index >= 15 is 0 Å². The van der Waals surface area contributed by atoms with Crippen LogP contribution in [0.5, 0.6) is 0 Å². The van der Waals surface area contributed by atoms with Crippen molar-refractivity contribution in [2.24, 2.45) is 28.6 Å². The monoisotopic (exact) mass is 330 g/mol. The summed E-state index contributed by atoms with van der Waals surface area (Å²) >= 11 is 1.95. The van der Waals surface area contributed by atoms with Crippen LogP contribution in [-0.4, -0.2) is 23.1 Å². The van der Waals surface area contributed by atoms with Crippen molar-refractivity contribution in [3.8, 4) is 0 Å². The summed E-state index contributed by atoms with van der Waals surface area (Å²) in [7, 11) is 0. The van der Waals surface area contributed by atoms with Crippen LogP contribution < -0.4 is 0 Å². The van der Waals surface area contributed by atoms with E-state index in [0.717, 1.165) is 32.1 Å². The lowest BCUT2D eigenvalue weighted by Crippen LogP contribution is -2.54. The maximum Gasteiger partial charge on any atom is 0.178 e. The zero-order valence-electron chi connectivity index (χ0n) is 14.3. The summed E-state index contributed by atoms with van der Waals surface area (Å²) < 4.78 is 0. The van der Waals surface area contributed by atoms with Crippen molar-refractivity contribution in [3.63, 3.8) is 0 Å². The number of Topliss-reactive ketones (excluding diaryl/α,β-unsaturated/α-hetero) is 1. The van der Waals surface area contributed by atoms with Crippen molar-refractivity contribution < 1.29 is 9.59 Å². The molecular weight excluding hydrogens is 304 g/mol. The lowest BCUT2D eigenvalue weighted by molar-refractivity contribution is -0.131. The van der Waals surface area contributed by atoms with Gasteiger partial charge in [-0.25, -0.2) is 0 Å². The van der Waals surface area contributed by atoms with Crippen LogP contribution in [0, 0.1) is 28.6 Å². The number of fused-ring (bicyclic) bond motifs is 5. The van der Waals surface area contributed by atoms with Crippen LogP contribution in [0.2, 0.25) is 0 Å². The molecule has 0 amide bonds. The Kier molecular flexibility index (Phi) is 3.46. The van der Waals surface area contributed by atoms with E-state index in [0.29, 0.717) is 28.8 Å². The Morgan fingerprint density at radius 1 is 1.17 bits per heavy atom. The minimum Gasteiger partial charge on any atom is -0.299 e. The molecule has 124 valence electrons. The fourth-order valence-corrected chi connectivity index (χ4v) is 7.20. The Labute approximate surface area is 143 Å². The van der Waals surface area contributed by atoms with Crippen LogP contribution >= 0.6 is 11.8 Å². The molecule has 3 fully saturated rings. The highest BCUT2D eigenvalue weighted by Crippen LogP contribution is 2.64. The molecule has 4 aliphatic rings. The van der Waals surface area contributed by atoms with Crippen molar-refractivity contribution in [2.45, 2.75) is 51.2 Å². The summed E-state index contributed by atoms with van der Waals surface area (Å²) in [6.45, 7) is 4.56. The maximum absolute atomic E-state index is 12.5. The minimum absolute atomic E-state index is 0.0256. The Hall–Kier alpha value is -0.830. The number of rotatable bonds is 1. The quantitative estimate of drug-likeness (QED) is 0.722. The van der Waals surface area contributed by atoms with E-state index in [-0.39, 0.29) is 16.6 Å². The van der Waals surface area contributed by atoms with E-state index in [9.17, 15) is 9.59 Å². The van der Waals surface area contributed by atoms with Crippen LogP contribution in [0.15, 0.2) is 23.8 Å². The van der Waals surface area contributed by atoms with E-state index in [2.05, 4.69) is 26.2 Å². The second kappa shape index (κ2) is 5.08. The fraction of sp³-hybridized carbons (Fsp3) is 0.700. The molecular formula is C20H26O2S. The third kappa shape index (κ3) is 2.01. The van der Waals surface area contributed by atoms with E-state index in [4.69, 9.17) is 0 Å². The fourth-order valence-electron chi connectivity index (χ4n) is 6.16. The summed E-state index contributed by atoms with van der Waals surface area (Å²) in [6.07, 6.45) is 13.1. The van der Waals surface area contributed by atoms with Crippen LogP contribution in [0.4, 0.5) is 0 Å². The smallest absolute Gasteiger partial charge is 0.178 e. The second-order valence-corrected chi connectivity index (χ2v) is 9.45. The van der Waals surface area contributed by atoms with E-state index < -0.39 is 0 Å². The van der Waals surface area contributed by atoms with Crippen LogP contribution in [0.3, 0.4) is 0 Å². The number of thioether (sulfide) groups is 1. The molecule has 0 saturated heterocycles. The van der Waals surface area contributed by atoms with Gasteiger partial charge < -0.3 is 0 Å². The molecule has 3 heteroatoms. The van der Waals surface area contributed by atoms with Crippen molar-refractivity contribution in [1.29, 1.82) is 0 Å². The van der Waals surface area contributed by atoms with Gasteiger partial charge >= 0.3 is 0 Å². The molecule has 4 aliphatic carbocycles. The van der Waals surface area contributed by atoms with E-state index in [1.54, 1.807) is 6.08 Å². The molecule has 3 saturated carbocycles. The van der Waals surface area contributed by atoms with Gasteiger partial charge in [0.25, 0.3) is 0 Å². The number of hydrogen-bond acceptors (Lipinski definition) is 3. The van der Waals surface area contributed by atoms with Gasteiger partial charge in [-0.3, -0.25) is 9.59 Å². The van der Waals surface area contributed by atoms with Crippen LogP contribution in [0.25, 0.3) is 0 Å². The predicted octanol–water partition coefficient (Wildman–Crippen LogP) is 4.20. The van der Waals surface area contributed by atoms with Gasteiger partial charge in [-0.1, -0.05) is 25.5 Å².